The Morgan fingerprint density at radius 1 is 1.20 bits per heavy atom. The Bertz CT molecular complexity index is 436. The largest absolute Gasteiger partial charge is 0.468 e. The molecule has 20 heavy (non-hydrogen) atoms. The fourth-order valence-corrected chi connectivity index (χ4v) is 3.00. The molecule has 0 aliphatic heterocycles. The highest BCUT2D eigenvalue weighted by atomic mass is 16.5. The lowest BCUT2D eigenvalue weighted by atomic mass is 9.99. The Balaban J connectivity index is 2.15. The first-order valence-electron chi connectivity index (χ1n) is 7.62. The topological polar surface area (TPSA) is 38.3 Å². The van der Waals surface area contributed by atoms with Gasteiger partial charge in [-0.15, -0.1) is 0 Å². The summed E-state index contributed by atoms with van der Waals surface area (Å²) in [6.45, 7) is 2.04. The summed E-state index contributed by atoms with van der Waals surface area (Å²) in [5, 5.41) is 3.53. The maximum Gasteiger partial charge on any atom is 0.327 e. The average molecular weight is 275 g/mol. The zero-order chi connectivity index (χ0) is 14.4. The number of ether oxygens (including phenoxy) is 1. The van der Waals surface area contributed by atoms with Crippen molar-refractivity contribution in [1.29, 1.82) is 0 Å². The lowest BCUT2D eigenvalue weighted by Crippen LogP contribution is -2.37. The van der Waals surface area contributed by atoms with E-state index in [1.165, 1.54) is 32.8 Å². The van der Waals surface area contributed by atoms with Crippen LogP contribution in [0.1, 0.15) is 55.7 Å². The molecule has 1 aliphatic carbocycles. The number of carbonyl (C=O) groups is 1. The van der Waals surface area contributed by atoms with Gasteiger partial charge >= 0.3 is 5.97 Å². The quantitative estimate of drug-likeness (QED) is 0.675. The molecule has 1 unspecified atom stereocenters. The van der Waals surface area contributed by atoms with Gasteiger partial charge in [0.1, 0.15) is 6.04 Å². The van der Waals surface area contributed by atoms with Crippen LogP contribution in [0.3, 0.4) is 0 Å². The van der Waals surface area contributed by atoms with Crippen LogP contribution >= 0.6 is 0 Å². The third kappa shape index (κ3) is 3.83. The number of methoxy groups -OCH3 is 1. The number of rotatable bonds is 4. The number of carbonyl (C=O) groups excluding carboxylic acids is 1. The summed E-state index contributed by atoms with van der Waals surface area (Å²) in [4.78, 5) is 12.1. The lowest BCUT2D eigenvalue weighted by molar-refractivity contribution is -0.143. The maximum absolute atomic E-state index is 12.1. The molecular weight excluding hydrogens is 250 g/mol. The molecule has 1 atom stereocenters. The predicted molar refractivity (Wildman–Crippen MR) is 80.6 cm³/mol. The minimum absolute atomic E-state index is 0.191. The highest BCUT2D eigenvalue weighted by Crippen LogP contribution is 2.23. The second kappa shape index (κ2) is 7.44. The van der Waals surface area contributed by atoms with E-state index in [1.807, 2.05) is 31.2 Å². The molecule has 3 nitrogen and oxygen atoms in total. The third-order valence-electron chi connectivity index (χ3n) is 4.19. The number of hydrogen-bond donors (Lipinski definition) is 1. The van der Waals surface area contributed by atoms with Crippen LogP contribution in [0.2, 0.25) is 0 Å². The van der Waals surface area contributed by atoms with Gasteiger partial charge in [0.05, 0.1) is 7.11 Å². The fraction of sp³-hybridized carbons (Fsp3) is 0.588. The summed E-state index contributed by atoms with van der Waals surface area (Å²) in [7, 11) is 1.46. The van der Waals surface area contributed by atoms with Crippen LogP contribution in [0.5, 0.6) is 0 Å². The second-order valence-electron chi connectivity index (χ2n) is 5.67. The van der Waals surface area contributed by atoms with Gasteiger partial charge in [0.25, 0.3) is 0 Å². The van der Waals surface area contributed by atoms with Crippen molar-refractivity contribution in [3.63, 3.8) is 0 Å². The van der Waals surface area contributed by atoms with Gasteiger partial charge in [0.2, 0.25) is 0 Å². The summed E-state index contributed by atoms with van der Waals surface area (Å²) in [6.07, 6.45) is 7.42. The molecule has 110 valence electrons. The summed E-state index contributed by atoms with van der Waals surface area (Å²) in [5.41, 5.74) is 2.16. The highest BCUT2D eigenvalue weighted by molar-refractivity contribution is 5.78. The van der Waals surface area contributed by atoms with Crippen molar-refractivity contribution in [2.45, 2.75) is 57.5 Å². The molecule has 1 aliphatic rings. The van der Waals surface area contributed by atoms with Crippen molar-refractivity contribution in [1.82, 2.24) is 5.32 Å². The Labute approximate surface area is 121 Å². The van der Waals surface area contributed by atoms with Crippen LogP contribution in [0.4, 0.5) is 0 Å². The van der Waals surface area contributed by atoms with Gasteiger partial charge in [-0.3, -0.25) is 5.32 Å². The van der Waals surface area contributed by atoms with Gasteiger partial charge in [-0.2, -0.15) is 0 Å². The monoisotopic (exact) mass is 275 g/mol. The molecule has 0 spiro atoms. The van der Waals surface area contributed by atoms with E-state index in [0.717, 1.165) is 24.0 Å². The van der Waals surface area contributed by atoms with Crippen LogP contribution in [-0.4, -0.2) is 19.1 Å². The Morgan fingerprint density at radius 3 is 2.45 bits per heavy atom. The molecule has 1 N–H and O–H groups in total. The van der Waals surface area contributed by atoms with Crippen molar-refractivity contribution in [2.24, 2.45) is 0 Å². The first-order valence-corrected chi connectivity index (χ1v) is 7.62. The number of nitrogens with one attached hydrogen (secondary N) is 1. The first-order chi connectivity index (χ1) is 9.72. The molecule has 1 aromatic carbocycles. The van der Waals surface area contributed by atoms with Crippen LogP contribution in [0.25, 0.3) is 0 Å². The summed E-state index contributed by atoms with van der Waals surface area (Å²) >= 11 is 0. The molecule has 0 aromatic heterocycles. The third-order valence-corrected chi connectivity index (χ3v) is 4.19. The molecule has 0 radical (unpaired) electrons. The fourth-order valence-electron chi connectivity index (χ4n) is 3.00. The first kappa shape index (κ1) is 15.0. The molecule has 1 saturated carbocycles. The molecule has 0 heterocycles. The van der Waals surface area contributed by atoms with E-state index in [0.29, 0.717) is 6.04 Å². The van der Waals surface area contributed by atoms with E-state index < -0.39 is 0 Å². The van der Waals surface area contributed by atoms with Gasteiger partial charge in [0.15, 0.2) is 0 Å². The van der Waals surface area contributed by atoms with Gasteiger partial charge in [-0.05, 0) is 30.9 Å². The van der Waals surface area contributed by atoms with Crippen LogP contribution in [0, 0.1) is 6.92 Å². The lowest BCUT2D eigenvalue weighted by Gasteiger charge is -2.24. The minimum Gasteiger partial charge on any atom is -0.468 e. The summed E-state index contributed by atoms with van der Waals surface area (Å²) in [5.74, 6) is -0.191. The zero-order valence-electron chi connectivity index (χ0n) is 12.5. The van der Waals surface area contributed by atoms with Crippen molar-refractivity contribution in [2.75, 3.05) is 7.11 Å². The van der Waals surface area contributed by atoms with Gasteiger partial charge in [-0.25, -0.2) is 4.79 Å². The van der Waals surface area contributed by atoms with Gasteiger partial charge in [0, 0.05) is 6.04 Å². The maximum atomic E-state index is 12.1. The Morgan fingerprint density at radius 2 is 1.85 bits per heavy atom. The number of aryl methyl sites for hydroxylation is 1. The molecule has 3 heteroatoms. The summed E-state index contributed by atoms with van der Waals surface area (Å²) in [6, 6.07) is 8.11. The molecule has 2 rings (SSSR count). The number of benzene rings is 1. The van der Waals surface area contributed by atoms with Crippen LogP contribution < -0.4 is 5.32 Å². The van der Waals surface area contributed by atoms with Crippen molar-refractivity contribution >= 4 is 5.97 Å². The predicted octanol–water partition coefficient (Wildman–Crippen LogP) is 3.52. The van der Waals surface area contributed by atoms with E-state index in [1.54, 1.807) is 0 Å². The number of esters is 1. The Hall–Kier alpha value is -1.35. The van der Waals surface area contributed by atoms with Crippen molar-refractivity contribution < 1.29 is 9.53 Å². The molecule has 1 aromatic rings. The standard InChI is InChI=1S/C17H25NO2/c1-13-9-7-8-12-15(13)16(17(19)20-2)18-14-10-5-3-4-6-11-14/h7-9,12,14,16,18H,3-6,10-11H2,1-2H3. The van der Waals surface area contributed by atoms with Crippen molar-refractivity contribution in [3.05, 3.63) is 35.4 Å². The minimum atomic E-state index is -0.343. The Kier molecular flexibility index (Phi) is 5.60. The van der Waals surface area contributed by atoms with E-state index >= 15 is 0 Å². The zero-order valence-corrected chi connectivity index (χ0v) is 12.5. The van der Waals surface area contributed by atoms with Crippen LogP contribution in [0.15, 0.2) is 24.3 Å². The molecule has 0 bridgehead atoms. The van der Waals surface area contributed by atoms with Crippen molar-refractivity contribution in [3.8, 4) is 0 Å². The van der Waals surface area contributed by atoms with Gasteiger partial charge < -0.3 is 4.74 Å². The average Bonchev–Trinajstić information content (AvgIpc) is 2.73. The summed E-state index contributed by atoms with van der Waals surface area (Å²) < 4.78 is 4.99. The SMILES string of the molecule is COC(=O)C(NC1CCCCCC1)c1ccccc1C. The van der Waals surface area contributed by atoms with E-state index in [4.69, 9.17) is 4.74 Å². The molecule has 1 fully saturated rings. The molecular formula is C17H25NO2. The smallest absolute Gasteiger partial charge is 0.327 e. The molecule has 0 saturated heterocycles. The number of hydrogen-bond acceptors (Lipinski definition) is 3. The van der Waals surface area contributed by atoms with E-state index in [2.05, 4.69) is 5.32 Å². The highest BCUT2D eigenvalue weighted by Gasteiger charge is 2.26. The van der Waals surface area contributed by atoms with Gasteiger partial charge in [-0.1, -0.05) is 49.9 Å². The normalized spacial score (nSPS) is 18.3. The second-order valence-corrected chi connectivity index (χ2v) is 5.67. The molecule has 0 amide bonds. The van der Waals surface area contributed by atoms with Crippen LogP contribution in [-0.2, 0) is 9.53 Å². The van der Waals surface area contributed by atoms with E-state index in [9.17, 15) is 4.79 Å². The van der Waals surface area contributed by atoms with E-state index in [-0.39, 0.29) is 12.0 Å².